The first-order valence-electron chi connectivity index (χ1n) is 9.18. The molecule has 0 unspecified atom stereocenters. The zero-order valence-corrected chi connectivity index (χ0v) is 17.5. The number of nitrogens with zero attached hydrogens (tertiary/aromatic N) is 3. The summed E-state index contributed by atoms with van der Waals surface area (Å²) in [6.07, 6.45) is 2.26. The van der Waals surface area contributed by atoms with Gasteiger partial charge in [0.15, 0.2) is 0 Å². The van der Waals surface area contributed by atoms with Crippen LogP contribution in [-0.4, -0.2) is 42.3 Å². The van der Waals surface area contributed by atoms with E-state index in [1.54, 1.807) is 30.5 Å². The fourth-order valence-corrected chi connectivity index (χ4v) is 3.99. The Balaban J connectivity index is 0.000000665. The van der Waals surface area contributed by atoms with Crippen LogP contribution < -0.4 is 17.0 Å². The number of rotatable bonds is 4. The second-order valence-electron chi connectivity index (χ2n) is 5.85. The van der Waals surface area contributed by atoms with E-state index in [-0.39, 0.29) is 4.90 Å². The van der Waals surface area contributed by atoms with Crippen LogP contribution in [0.3, 0.4) is 0 Å². The quantitative estimate of drug-likeness (QED) is 0.525. The number of benzene rings is 1. The number of aromatic nitrogens is 2. The van der Waals surface area contributed by atoms with E-state index in [0.717, 1.165) is 29.9 Å². The van der Waals surface area contributed by atoms with Gasteiger partial charge >= 0.3 is 0 Å². The van der Waals surface area contributed by atoms with Gasteiger partial charge in [-0.15, -0.1) is 0 Å². The van der Waals surface area contributed by atoms with Crippen molar-refractivity contribution in [3.63, 3.8) is 0 Å². The lowest BCUT2D eigenvalue weighted by molar-refractivity contribution is 0.234. The summed E-state index contributed by atoms with van der Waals surface area (Å²) in [7, 11) is -3.64. The van der Waals surface area contributed by atoms with Crippen molar-refractivity contribution in [2.24, 2.45) is 11.6 Å². The van der Waals surface area contributed by atoms with Gasteiger partial charge in [-0.25, -0.2) is 5.43 Å². The zero-order valence-electron chi connectivity index (χ0n) is 16.6. The standard InChI is InChI=1S/C14H19N5O2S.C2H7N.C2H6/c1-11-2-4-13(5-3-11)22(20,21)19-14-6-7-18(10-16-15)9-12(14)8-17-19;1-2-3;1-2/h2-5,8,16H,6-7,9-10,15H2,1H3;2-3H2,1H3;1-2H3. The number of hydrogen-bond donors (Lipinski definition) is 3. The molecular formula is C18H32N6O2S. The Bertz CT molecular complexity index is 787. The molecule has 9 heteroatoms. The predicted octanol–water partition coefficient (Wildman–Crippen LogP) is 1.20. The summed E-state index contributed by atoms with van der Waals surface area (Å²) < 4.78 is 26.6. The van der Waals surface area contributed by atoms with E-state index >= 15 is 0 Å². The summed E-state index contributed by atoms with van der Waals surface area (Å²) in [6, 6.07) is 6.81. The van der Waals surface area contributed by atoms with Gasteiger partial charge in [0.2, 0.25) is 0 Å². The van der Waals surface area contributed by atoms with Crippen LogP contribution in [0.1, 0.15) is 37.6 Å². The lowest BCUT2D eigenvalue weighted by atomic mass is 10.1. The maximum absolute atomic E-state index is 12.7. The van der Waals surface area contributed by atoms with Crippen molar-refractivity contribution >= 4 is 10.0 Å². The first-order valence-corrected chi connectivity index (χ1v) is 10.6. The highest BCUT2D eigenvalue weighted by atomic mass is 32.2. The monoisotopic (exact) mass is 396 g/mol. The third-order valence-electron chi connectivity index (χ3n) is 3.84. The smallest absolute Gasteiger partial charge is 0.283 e. The molecular weight excluding hydrogens is 364 g/mol. The summed E-state index contributed by atoms with van der Waals surface area (Å²) in [6.45, 7) is 10.5. The van der Waals surface area contributed by atoms with Gasteiger partial charge in [0.25, 0.3) is 10.0 Å². The normalized spacial score (nSPS) is 13.7. The fraction of sp³-hybridized carbons (Fsp3) is 0.500. The molecule has 1 aromatic carbocycles. The molecule has 0 bridgehead atoms. The van der Waals surface area contributed by atoms with Crippen LogP contribution in [0.2, 0.25) is 0 Å². The molecule has 152 valence electrons. The van der Waals surface area contributed by atoms with Crippen LogP contribution in [-0.2, 0) is 23.0 Å². The number of hydrazine groups is 1. The molecule has 2 heterocycles. The van der Waals surface area contributed by atoms with Crippen molar-refractivity contribution in [3.8, 4) is 0 Å². The van der Waals surface area contributed by atoms with Crippen LogP contribution in [0.25, 0.3) is 0 Å². The summed E-state index contributed by atoms with van der Waals surface area (Å²) >= 11 is 0. The lowest BCUT2D eigenvalue weighted by Crippen LogP contribution is -2.41. The minimum atomic E-state index is -3.64. The largest absolute Gasteiger partial charge is 0.331 e. The molecule has 0 atom stereocenters. The average molecular weight is 397 g/mol. The van der Waals surface area contributed by atoms with E-state index in [1.807, 2.05) is 27.7 Å². The highest BCUT2D eigenvalue weighted by Gasteiger charge is 2.27. The molecule has 0 aliphatic carbocycles. The van der Waals surface area contributed by atoms with Gasteiger partial charge in [-0.3, -0.25) is 10.7 Å². The van der Waals surface area contributed by atoms with Crippen LogP contribution in [0.5, 0.6) is 0 Å². The van der Waals surface area contributed by atoms with E-state index < -0.39 is 10.0 Å². The molecule has 3 rings (SSSR count). The SMILES string of the molecule is CC.CCN.Cc1ccc(S(=O)(=O)n2ncc3c2CCN(CNN)C3)cc1. The first-order chi connectivity index (χ1) is 12.9. The summed E-state index contributed by atoms with van der Waals surface area (Å²) in [5, 5.41) is 4.11. The van der Waals surface area contributed by atoms with Gasteiger partial charge in [-0.05, 0) is 25.6 Å². The van der Waals surface area contributed by atoms with Crippen molar-refractivity contribution < 1.29 is 8.42 Å². The molecule has 2 aromatic rings. The second kappa shape index (κ2) is 11.2. The first kappa shape index (κ1) is 23.3. The van der Waals surface area contributed by atoms with Crippen LogP contribution in [0.4, 0.5) is 0 Å². The summed E-state index contributed by atoms with van der Waals surface area (Å²) in [4.78, 5) is 2.36. The molecule has 8 nitrogen and oxygen atoms in total. The minimum absolute atomic E-state index is 0.259. The molecule has 27 heavy (non-hydrogen) atoms. The Morgan fingerprint density at radius 1 is 1.22 bits per heavy atom. The fourth-order valence-electron chi connectivity index (χ4n) is 2.64. The molecule has 1 aliphatic rings. The van der Waals surface area contributed by atoms with Crippen LogP contribution >= 0.6 is 0 Å². The highest BCUT2D eigenvalue weighted by Crippen LogP contribution is 2.22. The molecule has 1 aliphatic heterocycles. The number of nitrogens with two attached hydrogens (primary N) is 2. The number of aryl methyl sites for hydroxylation is 1. The molecule has 1 aromatic heterocycles. The Morgan fingerprint density at radius 2 is 1.81 bits per heavy atom. The van der Waals surface area contributed by atoms with E-state index in [0.29, 0.717) is 19.6 Å². The van der Waals surface area contributed by atoms with E-state index in [9.17, 15) is 8.42 Å². The average Bonchev–Trinajstić information content (AvgIpc) is 3.09. The van der Waals surface area contributed by atoms with Crippen molar-refractivity contribution in [2.75, 3.05) is 19.8 Å². The summed E-state index contributed by atoms with van der Waals surface area (Å²) in [5.41, 5.74) is 10.2. The van der Waals surface area contributed by atoms with Gasteiger partial charge in [0.05, 0.1) is 23.5 Å². The zero-order chi connectivity index (χ0) is 20.4. The molecule has 0 amide bonds. The summed E-state index contributed by atoms with van der Waals surface area (Å²) in [5.74, 6) is 5.33. The number of hydrogen-bond acceptors (Lipinski definition) is 7. The number of nitrogens with one attached hydrogen (secondary N) is 1. The van der Waals surface area contributed by atoms with Crippen molar-refractivity contribution in [1.82, 2.24) is 19.5 Å². The molecule has 0 spiro atoms. The molecule has 0 saturated heterocycles. The predicted molar refractivity (Wildman–Crippen MR) is 108 cm³/mol. The number of fused-ring (bicyclic) bond motifs is 1. The Kier molecular flexibility index (Phi) is 9.61. The Morgan fingerprint density at radius 3 is 2.37 bits per heavy atom. The third-order valence-corrected chi connectivity index (χ3v) is 5.48. The molecule has 5 N–H and O–H groups in total. The second-order valence-corrected chi connectivity index (χ2v) is 7.62. The van der Waals surface area contributed by atoms with E-state index in [2.05, 4.69) is 15.4 Å². The maximum Gasteiger partial charge on any atom is 0.283 e. The van der Waals surface area contributed by atoms with Gasteiger partial charge < -0.3 is 5.73 Å². The van der Waals surface area contributed by atoms with Crippen molar-refractivity contribution in [1.29, 1.82) is 0 Å². The van der Waals surface area contributed by atoms with Gasteiger partial charge in [-0.1, -0.05) is 38.5 Å². The van der Waals surface area contributed by atoms with Gasteiger partial charge in [-0.2, -0.15) is 17.6 Å². The maximum atomic E-state index is 12.7. The van der Waals surface area contributed by atoms with Crippen molar-refractivity contribution in [3.05, 3.63) is 47.3 Å². The Labute approximate surface area is 162 Å². The lowest BCUT2D eigenvalue weighted by Gasteiger charge is -2.26. The van der Waals surface area contributed by atoms with E-state index in [4.69, 9.17) is 11.6 Å². The highest BCUT2D eigenvalue weighted by molar-refractivity contribution is 7.89. The third kappa shape index (κ3) is 5.85. The Hall–Kier alpha value is -1.78. The molecule has 0 saturated carbocycles. The minimum Gasteiger partial charge on any atom is -0.331 e. The van der Waals surface area contributed by atoms with Crippen LogP contribution in [0.15, 0.2) is 35.4 Å². The van der Waals surface area contributed by atoms with Gasteiger partial charge in [0, 0.05) is 25.1 Å². The molecule has 0 fully saturated rings. The molecule has 0 radical (unpaired) electrons. The van der Waals surface area contributed by atoms with E-state index in [1.165, 1.54) is 4.09 Å². The van der Waals surface area contributed by atoms with Gasteiger partial charge in [0.1, 0.15) is 0 Å². The van der Waals surface area contributed by atoms with Crippen molar-refractivity contribution in [2.45, 2.75) is 45.6 Å². The van der Waals surface area contributed by atoms with Crippen LogP contribution in [0, 0.1) is 6.92 Å². The topological polar surface area (TPSA) is 119 Å².